The number of aromatic amines is 1. The zero-order valence-electron chi connectivity index (χ0n) is 16.2. The maximum absolute atomic E-state index is 13.0. The molecule has 1 heterocycles. The Kier molecular flexibility index (Phi) is 6.32. The molecular weight excluding hydrogens is 354 g/mol. The fourth-order valence-electron chi connectivity index (χ4n) is 3.23. The van der Waals surface area contributed by atoms with Gasteiger partial charge in [-0.2, -0.15) is 0 Å². The van der Waals surface area contributed by atoms with E-state index in [0.717, 1.165) is 28.6 Å². The summed E-state index contributed by atoms with van der Waals surface area (Å²) in [7, 11) is 1.61. The maximum atomic E-state index is 13.0. The van der Waals surface area contributed by atoms with Gasteiger partial charge < -0.3 is 19.5 Å². The predicted octanol–water partition coefficient (Wildman–Crippen LogP) is 3.30. The van der Waals surface area contributed by atoms with Gasteiger partial charge >= 0.3 is 0 Å². The second-order valence-corrected chi connectivity index (χ2v) is 6.55. The molecule has 0 bridgehead atoms. The van der Waals surface area contributed by atoms with Gasteiger partial charge in [0.25, 0.3) is 5.91 Å². The molecule has 0 aliphatic carbocycles. The Morgan fingerprint density at radius 2 is 1.89 bits per heavy atom. The van der Waals surface area contributed by atoms with Crippen molar-refractivity contribution in [2.24, 2.45) is 0 Å². The smallest absolute Gasteiger partial charge is 0.270 e. The molecule has 1 aromatic heterocycles. The van der Waals surface area contributed by atoms with Gasteiger partial charge in [-0.05, 0) is 30.7 Å². The number of methoxy groups -OCH3 is 1. The lowest BCUT2D eigenvalue weighted by Gasteiger charge is -2.24. The van der Waals surface area contributed by atoms with Crippen molar-refractivity contribution in [1.29, 1.82) is 0 Å². The number of hydrogen-bond acceptors (Lipinski definition) is 3. The third kappa shape index (κ3) is 4.34. The Morgan fingerprint density at radius 3 is 2.57 bits per heavy atom. The number of fused-ring (bicyclic) bond motifs is 1. The second kappa shape index (κ2) is 9.08. The summed E-state index contributed by atoms with van der Waals surface area (Å²) in [6, 6.07) is 17.3. The molecule has 0 saturated heterocycles. The number of benzene rings is 2. The molecule has 6 nitrogen and oxygen atoms in total. The van der Waals surface area contributed by atoms with E-state index in [-0.39, 0.29) is 5.91 Å². The number of nitrogens with zero attached hydrogens (tertiary/aromatic N) is 2. The minimum absolute atomic E-state index is 0.0914. The molecule has 2 amide bonds. The lowest BCUT2D eigenvalue weighted by molar-refractivity contribution is -0.118. The summed E-state index contributed by atoms with van der Waals surface area (Å²) in [6.45, 7) is 3.96. The van der Waals surface area contributed by atoms with E-state index in [2.05, 4.69) is 4.98 Å². The number of hydrogen-bond donors (Lipinski definition) is 1. The highest BCUT2D eigenvalue weighted by atomic mass is 16.5. The van der Waals surface area contributed by atoms with Gasteiger partial charge in [0.15, 0.2) is 0 Å². The van der Waals surface area contributed by atoms with Crippen molar-refractivity contribution in [2.45, 2.75) is 13.5 Å². The van der Waals surface area contributed by atoms with Crippen LogP contribution in [0.5, 0.6) is 5.75 Å². The SMILES string of the molecule is CCN(CCN(C=O)Cc1ccccc1)C(=O)c1cc2c(OC)cccc2[nH]1. The molecular formula is C22H25N3O3. The van der Waals surface area contributed by atoms with Crippen molar-refractivity contribution in [1.82, 2.24) is 14.8 Å². The van der Waals surface area contributed by atoms with E-state index < -0.39 is 0 Å². The fourth-order valence-corrected chi connectivity index (χ4v) is 3.23. The summed E-state index contributed by atoms with van der Waals surface area (Å²) in [5.74, 6) is 0.636. The number of aromatic nitrogens is 1. The lowest BCUT2D eigenvalue weighted by Crippen LogP contribution is -2.38. The van der Waals surface area contributed by atoms with Crippen LogP contribution in [0, 0.1) is 0 Å². The Bertz CT molecular complexity index is 937. The highest BCUT2D eigenvalue weighted by Gasteiger charge is 2.18. The van der Waals surface area contributed by atoms with E-state index in [0.29, 0.717) is 31.9 Å². The van der Waals surface area contributed by atoms with E-state index in [1.165, 1.54) is 0 Å². The number of amides is 2. The molecule has 6 heteroatoms. The molecule has 2 aromatic carbocycles. The van der Waals surface area contributed by atoms with E-state index in [4.69, 9.17) is 4.74 Å². The Labute approximate surface area is 164 Å². The third-order valence-electron chi connectivity index (χ3n) is 4.78. The summed E-state index contributed by atoms with van der Waals surface area (Å²) < 4.78 is 5.37. The molecule has 0 aliphatic rings. The van der Waals surface area contributed by atoms with Crippen LogP contribution >= 0.6 is 0 Å². The largest absolute Gasteiger partial charge is 0.496 e. The van der Waals surface area contributed by atoms with Crippen molar-refractivity contribution in [3.63, 3.8) is 0 Å². The zero-order chi connectivity index (χ0) is 19.9. The van der Waals surface area contributed by atoms with Crippen LogP contribution in [0.1, 0.15) is 23.0 Å². The molecule has 0 fully saturated rings. The average Bonchev–Trinajstić information content (AvgIpc) is 3.18. The Morgan fingerprint density at radius 1 is 1.11 bits per heavy atom. The molecule has 0 saturated carbocycles. The van der Waals surface area contributed by atoms with Crippen LogP contribution in [0.15, 0.2) is 54.6 Å². The topological polar surface area (TPSA) is 65.6 Å². The lowest BCUT2D eigenvalue weighted by atomic mass is 10.2. The van der Waals surface area contributed by atoms with E-state index in [1.54, 1.807) is 16.9 Å². The van der Waals surface area contributed by atoms with E-state index >= 15 is 0 Å². The van der Waals surface area contributed by atoms with Gasteiger partial charge in [-0.15, -0.1) is 0 Å². The third-order valence-corrected chi connectivity index (χ3v) is 4.78. The Balaban J connectivity index is 1.68. The molecule has 0 radical (unpaired) electrons. The van der Waals surface area contributed by atoms with Crippen LogP contribution in [0.25, 0.3) is 10.9 Å². The maximum Gasteiger partial charge on any atom is 0.270 e. The number of rotatable bonds is 9. The van der Waals surface area contributed by atoms with Crippen LogP contribution in [0.2, 0.25) is 0 Å². The number of nitrogens with one attached hydrogen (secondary N) is 1. The van der Waals surface area contributed by atoms with Crippen molar-refractivity contribution in [3.05, 3.63) is 65.9 Å². The number of likely N-dealkylation sites (N-methyl/N-ethyl adjacent to an activating group) is 1. The van der Waals surface area contributed by atoms with Crippen LogP contribution in [0.3, 0.4) is 0 Å². The molecule has 0 spiro atoms. The van der Waals surface area contributed by atoms with Gasteiger partial charge in [-0.3, -0.25) is 9.59 Å². The molecule has 0 aliphatic heterocycles. The molecule has 0 unspecified atom stereocenters. The van der Waals surface area contributed by atoms with Crippen molar-refractivity contribution >= 4 is 23.2 Å². The normalized spacial score (nSPS) is 10.6. The minimum atomic E-state index is -0.0914. The van der Waals surface area contributed by atoms with Crippen molar-refractivity contribution in [3.8, 4) is 5.75 Å². The van der Waals surface area contributed by atoms with Crippen LogP contribution < -0.4 is 4.74 Å². The first-order chi connectivity index (χ1) is 13.7. The number of ether oxygens (including phenoxy) is 1. The van der Waals surface area contributed by atoms with Crippen molar-refractivity contribution < 1.29 is 14.3 Å². The summed E-state index contributed by atoms with van der Waals surface area (Å²) in [6.07, 6.45) is 0.832. The average molecular weight is 379 g/mol. The fraction of sp³-hybridized carbons (Fsp3) is 0.273. The summed E-state index contributed by atoms with van der Waals surface area (Å²) in [5, 5.41) is 0.878. The first kappa shape index (κ1) is 19.5. The summed E-state index contributed by atoms with van der Waals surface area (Å²) in [5.41, 5.74) is 2.44. The van der Waals surface area contributed by atoms with Gasteiger partial charge in [0.1, 0.15) is 11.4 Å². The standard InChI is InChI=1S/C22H25N3O3/c1-3-25(13-12-24(16-26)15-17-8-5-4-6-9-17)22(27)20-14-18-19(23-20)10-7-11-21(18)28-2/h4-11,14,16,23H,3,12-13,15H2,1-2H3. The Hall–Kier alpha value is -3.28. The first-order valence-electron chi connectivity index (χ1n) is 9.34. The summed E-state index contributed by atoms with van der Waals surface area (Å²) >= 11 is 0. The molecule has 0 atom stereocenters. The highest BCUT2D eigenvalue weighted by molar-refractivity contribution is 5.99. The predicted molar refractivity (Wildman–Crippen MR) is 109 cm³/mol. The van der Waals surface area contributed by atoms with E-state index in [1.807, 2.05) is 61.5 Å². The van der Waals surface area contributed by atoms with Crippen LogP contribution in [0.4, 0.5) is 0 Å². The molecule has 3 aromatic rings. The monoisotopic (exact) mass is 379 g/mol. The number of H-pyrrole nitrogens is 1. The quantitative estimate of drug-likeness (QED) is 0.580. The van der Waals surface area contributed by atoms with E-state index in [9.17, 15) is 9.59 Å². The second-order valence-electron chi connectivity index (χ2n) is 6.55. The van der Waals surface area contributed by atoms with Crippen LogP contribution in [-0.2, 0) is 11.3 Å². The van der Waals surface area contributed by atoms with Crippen molar-refractivity contribution in [2.75, 3.05) is 26.7 Å². The van der Waals surface area contributed by atoms with Gasteiger partial charge in [0.2, 0.25) is 6.41 Å². The highest BCUT2D eigenvalue weighted by Crippen LogP contribution is 2.26. The minimum Gasteiger partial charge on any atom is -0.496 e. The molecule has 28 heavy (non-hydrogen) atoms. The first-order valence-corrected chi connectivity index (χ1v) is 9.34. The van der Waals surface area contributed by atoms with Crippen LogP contribution in [-0.4, -0.2) is 53.8 Å². The molecule has 1 N–H and O–H groups in total. The van der Waals surface area contributed by atoms with Gasteiger partial charge in [-0.1, -0.05) is 36.4 Å². The summed E-state index contributed by atoms with van der Waals surface area (Å²) in [4.78, 5) is 31.0. The van der Waals surface area contributed by atoms with Gasteiger partial charge in [0, 0.05) is 37.1 Å². The molecule has 146 valence electrons. The molecule has 3 rings (SSSR count). The zero-order valence-corrected chi connectivity index (χ0v) is 16.2. The number of carbonyl (C=O) groups is 2. The van der Waals surface area contributed by atoms with Gasteiger partial charge in [-0.25, -0.2) is 0 Å². The van der Waals surface area contributed by atoms with Gasteiger partial charge in [0.05, 0.1) is 7.11 Å². The number of carbonyl (C=O) groups excluding carboxylic acids is 2.